The number of ether oxygens (including phenoxy) is 4. The molecule has 0 aliphatic carbocycles. The van der Waals surface area contributed by atoms with Gasteiger partial charge in [0.1, 0.15) is 24.3 Å². The van der Waals surface area contributed by atoms with Gasteiger partial charge in [-0.1, -0.05) is 136 Å². The first kappa shape index (κ1) is 85.3. The number of nitriles is 2. The van der Waals surface area contributed by atoms with Gasteiger partial charge in [0.15, 0.2) is 0 Å². The summed E-state index contributed by atoms with van der Waals surface area (Å²) < 4.78 is 186. The van der Waals surface area contributed by atoms with E-state index in [9.17, 15) is 82.4 Å². The fourth-order valence-electron chi connectivity index (χ4n) is 11.0. The number of likely N-dealkylation sites (tertiary alicyclic amines) is 2. The summed E-state index contributed by atoms with van der Waals surface area (Å²) >= 11 is 15.9. The summed E-state index contributed by atoms with van der Waals surface area (Å²) in [6.45, 7) is 1.04. The highest BCUT2D eigenvalue weighted by Gasteiger charge is 2.54. The number of piperidine rings is 2. The minimum Gasteiger partial charge on any atom is -0.445 e. The highest BCUT2D eigenvalue weighted by atomic mass is 35.5. The van der Waals surface area contributed by atoms with E-state index in [0.29, 0.717) is 71.7 Å². The molecule has 8 rings (SSSR count). The van der Waals surface area contributed by atoms with Crippen LogP contribution in [0.25, 0.3) is 0 Å². The van der Waals surface area contributed by atoms with Crippen molar-refractivity contribution in [1.82, 2.24) is 15.1 Å². The Bertz CT molecular complexity index is 3680. The Morgan fingerprint density at radius 3 is 1.20 bits per heavy atom. The van der Waals surface area contributed by atoms with Crippen molar-refractivity contribution in [3.8, 4) is 12.1 Å². The van der Waals surface area contributed by atoms with Gasteiger partial charge in [-0.25, -0.2) is 9.59 Å². The average molecular weight is 1490 g/mol. The first-order valence-corrected chi connectivity index (χ1v) is 32.1. The van der Waals surface area contributed by atoms with Gasteiger partial charge in [0.2, 0.25) is 11.1 Å². The predicted octanol–water partition coefficient (Wildman–Crippen LogP) is 18.9. The van der Waals surface area contributed by atoms with Crippen molar-refractivity contribution in [1.29, 1.82) is 10.5 Å². The molecule has 2 heterocycles. The van der Waals surface area contributed by atoms with Crippen molar-refractivity contribution in [2.24, 2.45) is 5.73 Å². The molecular weight excluding hydrogens is 1410 g/mol. The van der Waals surface area contributed by atoms with Crippen LogP contribution in [0.3, 0.4) is 0 Å². The third-order valence-electron chi connectivity index (χ3n) is 16.5. The second kappa shape index (κ2) is 37.2. The maximum absolute atomic E-state index is 14.0. The van der Waals surface area contributed by atoms with E-state index < -0.39 is 106 Å². The number of nitrogens with two attached hydrogens (primary N) is 1. The summed E-state index contributed by atoms with van der Waals surface area (Å²) in [5, 5.41) is 22.5. The molecule has 0 saturated carbocycles. The van der Waals surface area contributed by atoms with E-state index >= 15 is 0 Å². The quantitative estimate of drug-likeness (QED) is 0.0395. The molecule has 6 atom stereocenters. The third kappa shape index (κ3) is 23.7. The van der Waals surface area contributed by atoms with Crippen LogP contribution in [0.1, 0.15) is 148 Å². The maximum Gasteiger partial charge on any atom is 0.416 e. The minimum absolute atomic E-state index is 0. The van der Waals surface area contributed by atoms with Crippen LogP contribution in [-0.2, 0) is 77.5 Å². The molecular formula is C72H77Cl3F12N6O8. The summed E-state index contributed by atoms with van der Waals surface area (Å²) in [6, 6.07) is 41.4. The molecule has 2 fully saturated rings. The molecule has 548 valence electrons. The molecule has 3 N–H and O–H groups in total. The molecule has 14 nitrogen and oxygen atoms in total. The van der Waals surface area contributed by atoms with E-state index in [-0.39, 0.29) is 114 Å². The van der Waals surface area contributed by atoms with Crippen LogP contribution >= 0.6 is 34.8 Å². The lowest BCUT2D eigenvalue weighted by Gasteiger charge is -2.51. The molecule has 0 unspecified atom stereocenters. The van der Waals surface area contributed by atoms with Gasteiger partial charge in [-0.15, -0.1) is 23.2 Å². The van der Waals surface area contributed by atoms with Gasteiger partial charge in [0.25, 0.3) is 0 Å². The fourth-order valence-corrected chi connectivity index (χ4v) is 11.4. The van der Waals surface area contributed by atoms with E-state index in [1.807, 2.05) is 6.07 Å². The first-order valence-electron chi connectivity index (χ1n) is 30.7. The predicted molar refractivity (Wildman–Crippen MR) is 356 cm³/mol. The lowest BCUT2D eigenvalue weighted by atomic mass is 9.75. The Morgan fingerprint density at radius 1 is 0.525 bits per heavy atom. The first-order chi connectivity index (χ1) is 46.6. The topological polar surface area (TPSA) is 197 Å². The van der Waals surface area contributed by atoms with E-state index in [1.54, 1.807) is 121 Å². The number of carbonyl (C=O) groups excluding carboxylic acids is 4. The third-order valence-corrected chi connectivity index (χ3v) is 17.2. The average Bonchev–Trinajstić information content (AvgIpc) is 0.755. The van der Waals surface area contributed by atoms with Gasteiger partial charge in [0, 0.05) is 24.6 Å². The highest BCUT2D eigenvalue weighted by molar-refractivity contribution is 6.63. The van der Waals surface area contributed by atoms with Crippen molar-refractivity contribution >= 4 is 58.1 Å². The Kier molecular flexibility index (Phi) is 31.4. The molecule has 2 aliphatic heterocycles. The van der Waals surface area contributed by atoms with Gasteiger partial charge in [-0.2, -0.15) is 63.2 Å². The second-order valence-corrected chi connectivity index (χ2v) is 24.8. The van der Waals surface area contributed by atoms with Gasteiger partial charge < -0.3 is 30.0 Å². The van der Waals surface area contributed by atoms with E-state index in [2.05, 4.69) is 11.4 Å². The van der Waals surface area contributed by atoms with Crippen LogP contribution in [0.5, 0.6) is 0 Å². The maximum atomic E-state index is 14.0. The monoisotopic (exact) mass is 1490 g/mol. The fraction of sp³-hybridized carbons (Fsp3) is 0.417. The molecule has 0 radical (unpaired) electrons. The van der Waals surface area contributed by atoms with Crippen LogP contribution in [0.2, 0.25) is 0 Å². The van der Waals surface area contributed by atoms with E-state index in [4.69, 9.17) is 59.5 Å². The van der Waals surface area contributed by atoms with Crippen molar-refractivity contribution in [2.75, 3.05) is 38.1 Å². The van der Waals surface area contributed by atoms with Crippen molar-refractivity contribution in [3.05, 3.63) is 213 Å². The van der Waals surface area contributed by atoms with Crippen LogP contribution in [0.15, 0.2) is 158 Å². The number of nitrogens with one attached hydrogen (secondary N) is 1. The van der Waals surface area contributed by atoms with Gasteiger partial charge in [0.05, 0.1) is 84.0 Å². The molecule has 2 saturated heterocycles. The van der Waals surface area contributed by atoms with Crippen LogP contribution in [-0.4, -0.2) is 82.3 Å². The van der Waals surface area contributed by atoms with Crippen molar-refractivity contribution in [2.45, 2.75) is 152 Å². The number of benzene rings is 6. The summed E-state index contributed by atoms with van der Waals surface area (Å²) in [5.41, 5.74) is -3.60. The number of hydrogen-bond donors (Lipinski definition) is 2. The van der Waals surface area contributed by atoms with Gasteiger partial charge >= 0.3 is 36.9 Å². The zero-order chi connectivity index (χ0) is 73.0. The molecule has 0 spiro atoms. The lowest BCUT2D eigenvalue weighted by Crippen LogP contribution is -2.66. The molecule has 2 aliphatic rings. The Hall–Kier alpha value is -8.11. The molecule has 6 aromatic carbocycles. The number of amides is 3. The molecule has 0 aromatic heterocycles. The Balaban J connectivity index is 0.000000386. The summed E-state index contributed by atoms with van der Waals surface area (Å²) in [4.78, 5) is 52.8. The highest BCUT2D eigenvalue weighted by Crippen LogP contribution is 2.46. The van der Waals surface area contributed by atoms with Gasteiger partial charge in [-0.3, -0.25) is 19.4 Å². The zero-order valence-corrected chi connectivity index (χ0v) is 55.5. The second-order valence-electron chi connectivity index (χ2n) is 23.6. The largest absolute Gasteiger partial charge is 0.445 e. The number of nitrogens with zero attached hydrogens (tertiary/aromatic N) is 4. The molecule has 3 amide bonds. The number of alkyl halides is 14. The number of carbonyl (C=O) groups is 4. The van der Waals surface area contributed by atoms with Crippen LogP contribution in [0.4, 0.5) is 62.3 Å². The Morgan fingerprint density at radius 2 is 0.871 bits per heavy atom. The summed E-state index contributed by atoms with van der Waals surface area (Å²) in [7, 11) is 0. The summed E-state index contributed by atoms with van der Waals surface area (Å²) in [6.07, 6.45) is -22.7. The standard InChI is InChI=1S/C35H34ClF6N3O4.C31H29F6N3O3.C4H6Cl2O.2CH4/c1-24(26-17-28(34(37,38)39)19-29(18-26)35(40,41)42)49-23-33(27-11-6-3-7-12-27)15-14-32(21-43,44-30(46)13-8-16-36)22-45(33)31(47)48-20-25-9-4-2-5-10-25;1-21(23-14-25(30(32,33)34)16-26(15-23)31(35,36)37)43-20-29(24-10-6-3-7-11-24)13-12-28(39,18-38)19-40(29)27(41)42-17-22-8-4-2-5-9-22;5-3-1-2-4(6)7;;/h2-7,9-12,17-19,24H,8,13-16,20,22-23H2,1H3,(H,44,46);2-11,14-16,21H,12-13,17,19-20,39H2,1H3;1-3H2;2*1H4/t24-,32-,33-;21-,28-,29-;;;/m11.../s1. The Labute approximate surface area is 593 Å². The van der Waals surface area contributed by atoms with Crippen molar-refractivity contribution in [3.63, 3.8) is 0 Å². The molecule has 29 heteroatoms. The zero-order valence-electron chi connectivity index (χ0n) is 53.3. The number of halogens is 15. The van der Waals surface area contributed by atoms with Crippen LogP contribution < -0.4 is 11.1 Å². The van der Waals surface area contributed by atoms with E-state index in [1.165, 1.54) is 23.6 Å². The molecule has 0 bridgehead atoms. The van der Waals surface area contributed by atoms with Crippen LogP contribution in [0, 0.1) is 22.7 Å². The lowest BCUT2D eigenvalue weighted by molar-refractivity contribution is -0.145. The summed E-state index contributed by atoms with van der Waals surface area (Å²) in [5.74, 6) is 0.272. The van der Waals surface area contributed by atoms with E-state index in [0.717, 1.165) is 0 Å². The normalized spacial score (nSPS) is 19.6. The molecule has 101 heavy (non-hydrogen) atoms. The SMILES string of the molecule is C.C.C[C@@H](OC[C@@]1(c2ccccc2)CC[C@@](N)(C#N)CN1C(=O)OCc1ccccc1)c1cc(C(F)(F)F)cc(C(F)(F)F)c1.C[C@@H](OC[C@@]1(c2ccccc2)CC[C@](C#N)(NC(=O)CCCCl)CN1C(=O)OCc1ccccc1)c1cc(C(F)(F)F)cc(C(F)(F)F)c1.O=C(Cl)CCCCl. The van der Waals surface area contributed by atoms with Gasteiger partial charge in [-0.05, 0) is 134 Å². The minimum atomic E-state index is -5.06. The number of rotatable bonds is 21. The molecule has 6 aromatic rings. The smallest absolute Gasteiger partial charge is 0.416 e. The van der Waals surface area contributed by atoms with Crippen molar-refractivity contribution < 1.29 is 90.8 Å². The number of hydrogen-bond acceptors (Lipinski definition) is 11.